The number of carbonyl (C=O) groups excluding carboxylic acids is 1. The van der Waals surface area contributed by atoms with Crippen LogP contribution in [0.3, 0.4) is 0 Å². The Hall–Kier alpha value is -2.06. The van der Waals surface area contributed by atoms with Gasteiger partial charge in [-0.05, 0) is 42.5 Å². The van der Waals surface area contributed by atoms with Gasteiger partial charge in [-0.2, -0.15) is 4.31 Å². The number of rotatable bonds is 4. The van der Waals surface area contributed by atoms with Crippen LogP contribution in [-0.2, 0) is 24.3 Å². The summed E-state index contributed by atoms with van der Waals surface area (Å²) in [4.78, 5) is 12.3. The van der Waals surface area contributed by atoms with Gasteiger partial charge in [0.15, 0.2) is 0 Å². The highest BCUT2D eigenvalue weighted by atomic mass is 32.2. The number of benzene rings is 1. The van der Waals surface area contributed by atoms with Crippen molar-refractivity contribution < 1.29 is 22.7 Å². The van der Waals surface area contributed by atoms with Crippen molar-refractivity contribution in [3.63, 3.8) is 0 Å². The van der Waals surface area contributed by atoms with Gasteiger partial charge in [-0.1, -0.05) is 13.8 Å². The Morgan fingerprint density at radius 3 is 2.35 bits per heavy atom. The Balaban J connectivity index is 1.70. The first kappa shape index (κ1) is 18.7. The van der Waals surface area contributed by atoms with Gasteiger partial charge in [0.05, 0.1) is 4.90 Å². The molecular formula is C18H24N2O5S. The van der Waals surface area contributed by atoms with Crippen LogP contribution in [0.2, 0.25) is 0 Å². The summed E-state index contributed by atoms with van der Waals surface area (Å²) in [5.74, 6) is 0.361. The Morgan fingerprint density at radius 1 is 1.12 bits per heavy atom. The highest BCUT2D eigenvalue weighted by Gasteiger charge is 2.31. The number of amides is 1. The SMILES string of the molecule is C[C@@H]1C[C@@H](C)CN(S(=O)(=O)c2ccc(NC(=O)C3=COCCO3)cc2)C1. The van der Waals surface area contributed by atoms with Crippen LogP contribution in [0.5, 0.6) is 0 Å². The molecule has 26 heavy (non-hydrogen) atoms. The van der Waals surface area contributed by atoms with Crippen LogP contribution in [0, 0.1) is 11.8 Å². The number of carbonyl (C=O) groups is 1. The van der Waals surface area contributed by atoms with Gasteiger partial charge in [-0.3, -0.25) is 4.79 Å². The number of hydrogen-bond acceptors (Lipinski definition) is 5. The molecule has 2 heterocycles. The highest BCUT2D eigenvalue weighted by Crippen LogP contribution is 2.27. The van der Waals surface area contributed by atoms with Gasteiger partial charge >= 0.3 is 0 Å². The summed E-state index contributed by atoms with van der Waals surface area (Å²) in [5, 5.41) is 2.66. The average Bonchev–Trinajstić information content (AvgIpc) is 2.62. The van der Waals surface area contributed by atoms with Crippen LogP contribution in [0.25, 0.3) is 0 Å². The monoisotopic (exact) mass is 380 g/mol. The number of nitrogens with zero attached hydrogens (tertiary/aromatic N) is 1. The summed E-state index contributed by atoms with van der Waals surface area (Å²) >= 11 is 0. The first-order chi connectivity index (χ1) is 12.4. The minimum atomic E-state index is -3.53. The topological polar surface area (TPSA) is 84.9 Å². The van der Waals surface area contributed by atoms with Crippen molar-refractivity contribution in [3.05, 3.63) is 36.3 Å². The van der Waals surface area contributed by atoms with Crippen LogP contribution in [0.15, 0.2) is 41.2 Å². The van der Waals surface area contributed by atoms with Gasteiger partial charge in [0.25, 0.3) is 5.91 Å². The molecule has 1 saturated heterocycles. The molecule has 0 radical (unpaired) electrons. The van der Waals surface area contributed by atoms with Crippen molar-refractivity contribution in [2.45, 2.75) is 25.2 Å². The van der Waals surface area contributed by atoms with E-state index in [9.17, 15) is 13.2 Å². The second-order valence-corrected chi connectivity index (χ2v) is 8.89. The summed E-state index contributed by atoms with van der Waals surface area (Å²) in [6.07, 6.45) is 2.31. The largest absolute Gasteiger partial charge is 0.494 e. The van der Waals surface area contributed by atoms with Gasteiger partial charge in [-0.15, -0.1) is 0 Å². The second kappa shape index (κ2) is 7.67. The zero-order valence-corrected chi connectivity index (χ0v) is 15.8. The third-order valence-corrected chi connectivity index (χ3v) is 6.30. The maximum Gasteiger partial charge on any atom is 0.294 e. The molecule has 2 aliphatic rings. The fourth-order valence-electron chi connectivity index (χ4n) is 3.34. The van der Waals surface area contributed by atoms with Gasteiger partial charge in [0.2, 0.25) is 15.8 Å². The summed E-state index contributed by atoms with van der Waals surface area (Å²) < 4.78 is 37.5. The molecule has 0 bridgehead atoms. The van der Waals surface area contributed by atoms with E-state index in [1.165, 1.54) is 18.4 Å². The van der Waals surface area contributed by atoms with Crippen LogP contribution < -0.4 is 5.32 Å². The van der Waals surface area contributed by atoms with Crippen molar-refractivity contribution in [1.82, 2.24) is 4.31 Å². The van der Waals surface area contributed by atoms with Gasteiger partial charge in [0.1, 0.15) is 19.5 Å². The zero-order chi connectivity index (χ0) is 18.7. The molecule has 2 aliphatic heterocycles. The number of piperidine rings is 1. The quantitative estimate of drug-likeness (QED) is 0.865. The minimum absolute atomic E-state index is 0.101. The summed E-state index contributed by atoms with van der Waals surface area (Å²) in [6, 6.07) is 6.18. The maximum absolute atomic E-state index is 12.9. The lowest BCUT2D eigenvalue weighted by atomic mass is 9.94. The molecule has 0 spiro atoms. The van der Waals surface area contributed by atoms with Gasteiger partial charge < -0.3 is 14.8 Å². The van der Waals surface area contributed by atoms with E-state index in [1.54, 1.807) is 16.4 Å². The molecule has 2 atom stereocenters. The lowest BCUT2D eigenvalue weighted by Crippen LogP contribution is -2.42. The Labute approximate surface area is 154 Å². The highest BCUT2D eigenvalue weighted by molar-refractivity contribution is 7.89. The van der Waals surface area contributed by atoms with Crippen LogP contribution in [0.4, 0.5) is 5.69 Å². The molecule has 0 aliphatic carbocycles. The molecule has 1 fully saturated rings. The molecular weight excluding hydrogens is 356 g/mol. The van der Waals surface area contributed by atoms with Gasteiger partial charge in [-0.25, -0.2) is 8.42 Å². The molecule has 1 aromatic carbocycles. The van der Waals surface area contributed by atoms with Crippen LogP contribution >= 0.6 is 0 Å². The van der Waals surface area contributed by atoms with E-state index in [1.807, 2.05) is 0 Å². The number of sulfonamides is 1. The smallest absolute Gasteiger partial charge is 0.294 e. The molecule has 8 heteroatoms. The minimum Gasteiger partial charge on any atom is -0.494 e. The summed E-state index contributed by atoms with van der Waals surface area (Å²) in [6.45, 7) is 5.96. The second-order valence-electron chi connectivity index (χ2n) is 6.95. The predicted octanol–water partition coefficient (Wildman–Crippen LogP) is 2.18. The van der Waals surface area contributed by atoms with Crippen molar-refractivity contribution in [3.8, 4) is 0 Å². The van der Waals surface area contributed by atoms with E-state index in [4.69, 9.17) is 9.47 Å². The molecule has 1 amide bonds. The van der Waals surface area contributed by atoms with E-state index >= 15 is 0 Å². The van der Waals surface area contributed by atoms with E-state index in [-0.39, 0.29) is 10.7 Å². The lowest BCUT2D eigenvalue weighted by molar-refractivity contribution is -0.117. The van der Waals surface area contributed by atoms with E-state index in [0.29, 0.717) is 43.8 Å². The first-order valence-electron chi connectivity index (χ1n) is 8.72. The number of nitrogens with one attached hydrogen (secondary N) is 1. The third kappa shape index (κ3) is 4.19. The Bertz CT molecular complexity index is 778. The van der Waals surface area contributed by atoms with Crippen molar-refractivity contribution in [2.75, 3.05) is 31.6 Å². The molecule has 0 unspecified atom stereocenters. The van der Waals surface area contributed by atoms with Crippen molar-refractivity contribution in [1.29, 1.82) is 0 Å². The fraction of sp³-hybridized carbons (Fsp3) is 0.500. The molecule has 142 valence electrons. The number of anilines is 1. The van der Waals surface area contributed by atoms with Crippen LogP contribution in [-0.4, -0.2) is 44.9 Å². The van der Waals surface area contributed by atoms with Crippen molar-refractivity contribution >= 4 is 21.6 Å². The normalized spacial score (nSPS) is 24.2. The van der Waals surface area contributed by atoms with E-state index in [0.717, 1.165) is 6.42 Å². The lowest BCUT2D eigenvalue weighted by Gasteiger charge is -2.34. The van der Waals surface area contributed by atoms with Crippen LogP contribution in [0.1, 0.15) is 20.3 Å². The first-order valence-corrected chi connectivity index (χ1v) is 10.2. The molecule has 1 aromatic rings. The molecule has 7 nitrogen and oxygen atoms in total. The summed E-state index contributed by atoms with van der Waals surface area (Å²) in [5.41, 5.74) is 0.490. The van der Waals surface area contributed by atoms with E-state index in [2.05, 4.69) is 19.2 Å². The number of hydrogen-bond donors (Lipinski definition) is 1. The Kier molecular flexibility index (Phi) is 5.52. The fourth-order valence-corrected chi connectivity index (χ4v) is 5.02. The Morgan fingerprint density at radius 2 is 1.77 bits per heavy atom. The molecule has 3 rings (SSSR count). The summed E-state index contributed by atoms with van der Waals surface area (Å²) in [7, 11) is -3.53. The maximum atomic E-state index is 12.9. The molecule has 0 aromatic heterocycles. The van der Waals surface area contributed by atoms with Crippen molar-refractivity contribution in [2.24, 2.45) is 11.8 Å². The standard InChI is InChI=1S/C18H24N2O5S/c1-13-9-14(2)11-20(10-13)26(22,23)16-5-3-15(4-6-16)19-18(21)17-12-24-7-8-25-17/h3-6,12-14H,7-11H2,1-2H3,(H,19,21)/t13-,14-/m1/s1. The molecule has 1 N–H and O–H groups in total. The molecule has 0 saturated carbocycles. The average molecular weight is 380 g/mol. The van der Waals surface area contributed by atoms with Gasteiger partial charge in [0, 0.05) is 18.8 Å². The van der Waals surface area contributed by atoms with E-state index < -0.39 is 15.9 Å². The number of ether oxygens (including phenoxy) is 2. The zero-order valence-electron chi connectivity index (χ0n) is 15.0. The third-order valence-electron chi connectivity index (χ3n) is 4.46. The predicted molar refractivity (Wildman–Crippen MR) is 96.8 cm³/mol.